The second-order valence-corrected chi connectivity index (χ2v) is 7.68. The van der Waals surface area contributed by atoms with Crippen molar-refractivity contribution in [3.05, 3.63) is 102 Å². The van der Waals surface area contributed by atoms with Crippen LogP contribution in [-0.2, 0) is 22.7 Å². The first-order valence-corrected chi connectivity index (χ1v) is 11.0. The third kappa shape index (κ3) is 7.10. The van der Waals surface area contributed by atoms with Gasteiger partial charge in [-0.2, -0.15) is 0 Å². The van der Waals surface area contributed by atoms with Crippen LogP contribution in [0.4, 0.5) is 4.79 Å². The predicted octanol–water partition coefficient (Wildman–Crippen LogP) is 4.80. The molecule has 2 amide bonds. The molecule has 0 heterocycles. The lowest BCUT2D eigenvalue weighted by Gasteiger charge is -2.27. The van der Waals surface area contributed by atoms with E-state index in [1.165, 1.54) is 0 Å². The highest BCUT2D eigenvalue weighted by atomic mass is 16.5. The topological polar surface area (TPSA) is 76.7 Å². The third-order valence-corrected chi connectivity index (χ3v) is 5.46. The first-order chi connectivity index (χ1) is 16.1. The standard InChI is InChI=1S/C27H30N2O4/c1-3-24(22-14-16-23(32-2)17-15-22)25(26(30)28-18-20-10-6-4-7-11-20)29-27(31)33-19-21-12-8-5-9-13-21/h4-17,24-25H,3,18-19H2,1-2H3,(H,28,30)(H,29,31)/t24-,25+/m0/s1. The second-order valence-electron chi connectivity index (χ2n) is 7.68. The predicted molar refractivity (Wildman–Crippen MR) is 128 cm³/mol. The summed E-state index contributed by atoms with van der Waals surface area (Å²) < 4.78 is 10.6. The minimum atomic E-state index is -0.796. The van der Waals surface area contributed by atoms with Crippen molar-refractivity contribution in [1.29, 1.82) is 0 Å². The molecule has 6 nitrogen and oxygen atoms in total. The van der Waals surface area contributed by atoms with E-state index >= 15 is 0 Å². The first kappa shape index (κ1) is 23.9. The van der Waals surface area contributed by atoms with Crippen molar-refractivity contribution in [1.82, 2.24) is 10.6 Å². The monoisotopic (exact) mass is 446 g/mol. The molecule has 3 aromatic rings. The number of amides is 2. The van der Waals surface area contributed by atoms with Gasteiger partial charge in [0.1, 0.15) is 18.4 Å². The maximum Gasteiger partial charge on any atom is 0.408 e. The Bertz CT molecular complexity index is 1010. The lowest BCUT2D eigenvalue weighted by atomic mass is 9.88. The Labute approximate surface area is 194 Å². The summed E-state index contributed by atoms with van der Waals surface area (Å²) in [6, 6.07) is 25.8. The summed E-state index contributed by atoms with van der Waals surface area (Å²) in [4.78, 5) is 25.8. The molecule has 0 saturated carbocycles. The number of benzene rings is 3. The van der Waals surface area contributed by atoms with E-state index in [-0.39, 0.29) is 18.4 Å². The summed E-state index contributed by atoms with van der Waals surface area (Å²) in [7, 11) is 1.61. The summed E-state index contributed by atoms with van der Waals surface area (Å²) in [6.45, 7) is 2.49. The maximum absolute atomic E-state index is 13.2. The van der Waals surface area contributed by atoms with Gasteiger partial charge < -0.3 is 20.1 Å². The molecule has 3 rings (SSSR count). The van der Waals surface area contributed by atoms with Crippen molar-refractivity contribution in [2.45, 2.75) is 38.5 Å². The fraction of sp³-hybridized carbons (Fsp3) is 0.259. The van der Waals surface area contributed by atoms with Crippen LogP contribution in [0.25, 0.3) is 0 Å². The Morgan fingerprint density at radius 2 is 1.45 bits per heavy atom. The van der Waals surface area contributed by atoms with E-state index in [1.807, 2.05) is 91.9 Å². The molecule has 3 aromatic carbocycles. The summed E-state index contributed by atoms with van der Waals surface area (Å²) in [5.74, 6) is 0.225. The fourth-order valence-corrected chi connectivity index (χ4v) is 3.65. The Balaban J connectivity index is 1.74. The van der Waals surface area contributed by atoms with E-state index in [4.69, 9.17) is 9.47 Å². The van der Waals surface area contributed by atoms with Crippen molar-refractivity contribution in [3.8, 4) is 5.75 Å². The SMILES string of the molecule is CC[C@@H](c1ccc(OC)cc1)[C@@H](NC(=O)OCc1ccccc1)C(=O)NCc1ccccc1. The van der Waals surface area contributed by atoms with E-state index < -0.39 is 12.1 Å². The van der Waals surface area contributed by atoms with E-state index in [0.29, 0.717) is 13.0 Å². The van der Waals surface area contributed by atoms with E-state index in [2.05, 4.69) is 10.6 Å². The zero-order valence-corrected chi connectivity index (χ0v) is 19.0. The van der Waals surface area contributed by atoms with Gasteiger partial charge in [-0.3, -0.25) is 4.79 Å². The molecular formula is C27H30N2O4. The molecule has 0 fully saturated rings. The summed E-state index contributed by atoms with van der Waals surface area (Å²) in [5, 5.41) is 5.75. The van der Waals surface area contributed by atoms with Crippen LogP contribution in [0.2, 0.25) is 0 Å². The van der Waals surface area contributed by atoms with Crippen LogP contribution in [0, 0.1) is 0 Å². The number of methoxy groups -OCH3 is 1. The lowest BCUT2D eigenvalue weighted by Crippen LogP contribution is -2.50. The molecule has 6 heteroatoms. The number of carbonyl (C=O) groups is 2. The van der Waals surface area contributed by atoms with Gasteiger partial charge in [0.25, 0.3) is 0 Å². The molecule has 0 radical (unpaired) electrons. The van der Waals surface area contributed by atoms with Gasteiger partial charge in [0.2, 0.25) is 5.91 Å². The van der Waals surface area contributed by atoms with Crippen LogP contribution < -0.4 is 15.4 Å². The van der Waals surface area contributed by atoms with Gasteiger partial charge in [0.05, 0.1) is 7.11 Å². The largest absolute Gasteiger partial charge is 0.497 e. The van der Waals surface area contributed by atoms with Crippen molar-refractivity contribution in [2.24, 2.45) is 0 Å². The number of hydrogen-bond acceptors (Lipinski definition) is 4. The number of ether oxygens (including phenoxy) is 2. The molecule has 0 aromatic heterocycles. The highest BCUT2D eigenvalue weighted by molar-refractivity contribution is 5.86. The number of hydrogen-bond donors (Lipinski definition) is 2. The van der Waals surface area contributed by atoms with Gasteiger partial charge in [-0.1, -0.05) is 79.7 Å². The minimum Gasteiger partial charge on any atom is -0.497 e. The smallest absolute Gasteiger partial charge is 0.408 e. The molecule has 2 atom stereocenters. The third-order valence-electron chi connectivity index (χ3n) is 5.46. The molecule has 0 spiro atoms. The Morgan fingerprint density at radius 3 is 2.03 bits per heavy atom. The van der Waals surface area contributed by atoms with Gasteiger partial charge in [-0.05, 0) is 35.2 Å². The van der Waals surface area contributed by atoms with E-state index in [9.17, 15) is 9.59 Å². The molecule has 0 aliphatic carbocycles. The maximum atomic E-state index is 13.2. The average molecular weight is 447 g/mol. The molecule has 2 N–H and O–H groups in total. The van der Waals surface area contributed by atoms with E-state index in [0.717, 1.165) is 22.4 Å². The molecule has 0 aliphatic rings. The summed E-state index contributed by atoms with van der Waals surface area (Å²) in [5.41, 5.74) is 2.79. The van der Waals surface area contributed by atoms with Gasteiger partial charge in [0, 0.05) is 12.5 Å². The molecule has 0 unspecified atom stereocenters. The molecular weight excluding hydrogens is 416 g/mol. The zero-order valence-electron chi connectivity index (χ0n) is 19.0. The molecule has 33 heavy (non-hydrogen) atoms. The summed E-state index contributed by atoms with van der Waals surface area (Å²) in [6.07, 6.45) is 0.0139. The highest BCUT2D eigenvalue weighted by Gasteiger charge is 2.30. The van der Waals surface area contributed by atoms with Crippen LogP contribution in [0.5, 0.6) is 5.75 Å². The van der Waals surface area contributed by atoms with E-state index in [1.54, 1.807) is 7.11 Å². The van der Waals surface area contributed by atoms with Crippen LogP contribution >= 0.6 is 0 Å². The van der Waals surface area contributed by atoms with Crippen molar-refractivity contribution < 1.29 is 19.1 Å². The van der Waals surface area contributed by atoms with Crippen LogP contribution in [0.1, 0.15) is 36.0 Å². The second kappa shape index (κ2) is 12.3. The Kier molecular flexibility index (Phi) is 8.88. The van der Waals surface area contributed by atoms with Crippen LogP contribution in [0.3, 0.4) is 0 Å². The van der Waals surface area contributed by atoms with Crippen LogP contribution in [-0.4, -0.2) is 25.2 Å². The first-order valence-electron chi connectivity index (χ1n) is 11.0. The normalized spacial score (nSPS) is 12.3. The van der Waals surface area contributed by atoms with Gasteiger partial charge >= 0.3 is 6.09 Å². The Morgan fingerprint density at radius 1 is 0.848 bits per heavy atom. The average Bonchev–Trinajstić information content (AvgIpc) is 2.87. The minimum absolute atomic E-state index is 0.129. The lowest BCUT2D eigenvalue weighted by molar-refractivity contribution is -0.123. The van der Waals surface area contributed by atoms with Crippen LogP contribution in [0.15, 0.2) is 84.9 Å². The van der Waals surface area contributed by atoms with Gasteiger partial charge in [-0.15, -0.1) is 0 Å². The zero-order chi connectivity index (χ0) is 23.5. The van der Waals surface area contributed by atoms with Crippen molar-refractivity contribution >= 4 is 12.0 Å². The molecule has 0 bridgehead atoms. The molecule has 0 saturated heterocycles. The number of alkyl carbamates (subject to hydrolysis) is 1. The van der Waals surface area contributed by atoms with Gasteiger partial charge in [0.15, 0.2) is 0 Å². The Hall–Kier alpha value is -3.80. The number of rotatable bonds is 10. The van der Waals surface area contributed by atoms with Crippen molar-refractivity contribution in [3.63, 3.8) is 0 Å². The van der Waals surface area contributed by atoms with Crippen molar-refractivity contribution in [2.75, 3.05) is 7.11 Å². The molecule has 172 valence electrons. The number of carbonyl (C=O) groups excluding carboxylic acids is 2. The van der Waals surface area contributed by atoms with Gasteiger partial charge in [-0.25, -0.2) is 4.79 Å². The molecule has 0 aliphatic heterocycles. The quantitative estimate of drug-likeness (QED) is 0.469. The highest BCUT2D eigenvalue weighted by Crippen LogP contribution is 2.26. The fourth-order valence-electron chi connectivity index (χ4n) is 3.65. The summed E-state index contributed by atoms with van der Waals surface area (Å²) >= 11 is 0. The number of nitrogens with one attached hydrogen (secondary N) is 2.